The molecule has 1 aliphatic heterocycles. The Bertz CT molecular complexity index is 739. The fourth-order valence-electron chi connectivity index (χ4n) is 3.25. The van der Waals surface area contributed by atoms with Crippen molar-refractivity contribution in [2.75, 3.05) is 32.8 Å². The second kappa shape index (κ2) is 10.4. The summed E-state index contributed by atoms with van der Waals surface area (Å²) in [7, 11) is 0. The Balaban J connectivity index is 1.92. The van der Waals surface area contributed by atoms with E-state index in [-0.39, 0.29) is 18.5 Å². The number of hydrogen-bond donors (Lipinski definition) is 2. The molecule has 1 saturated heterocycles. The van der Waals surface area contributed by atoms with Crippen molar-refractivity contribution in [3.05, 3.63) is 47.2 Å². The van der Waals surface area contributed by atoms with Gasteiger partial charge in [0.2, 0.25) is 0 Å². The summed E-state index contributed by atoms with van der Waals surface area (Å²) in [6.45, 7) is 8.38. The number of hydrogen-bond acceptors (Lipinski definition) is 4. The first-order valence-electron chi connectivity index (χ1n) is 9.75. The minimum Gasteiger partial charge on any atom is -0.352 e. The average molecular weight is 453 g/mol. The van der Waals surface area contributed by atoms with Gasteiger partial charge in [0.05, 0.1) is 17.7 Å². The quantitative estimate of drug-likeness (QED) is 0.457. The summed E-state index contributed by atoms with van der Waals surface area (Å²) in [6.07, 6.45) is -8.55. The van der Waals surface area contributed by atoms with E-state index in [9.17, 15) is 31.1 Å². The highest BCUT2D eigenvalue weighted by Gasteiger charge is 2.37. The summed E-state index contributed by atoms with van der Waals surface area (Å²) < 4.78 is 77.7. The van der Waals surface area contributed by atoms with Gasteiger partial charge in [-0.1, -0.05) is 6.58 Å². The summed E-state index contributed by atoms with van der Waals surface area (Å²) in [5.74, 6) is -0.894. The van der Waals surface area contributed by atoms with Gasteiger partial charge in [-0.25, -0.2) is 0 Å². The van der Waals surface area contributed by atoms with Crippen LogP contribution in [0.3, 0.4) is 0 Å². The lowest BCUT2D eigenvalue weighted by molar-refractivity contribution is -0.143. The second-order valence-corrected chi connectivity index (χ2v) is 7.36. The maximum absolute atomic E-state index is 12.9. The molecular formula is C20H25F6N3O2. The van der Waals surface area contributed by atoms with E-state index in [1.807, 2.05) is 6.92 Å². The Morgan fingerprint density at radius 3 is 2.13 bits per heavy atom. The molecule has 0 aliphatic carbocycles. The van der Waals surface area contributed by atoms with Crippen LogP contribution in [-0.2, 0) is 17.2 Å². The zero-order valence-corrected chi connectivity index (χ0v) is 17.0. The lowest BCUT2D eigenvalue weighted by atomic mass is 9.96. The predicted octanol–water partition coefficient (Wildman–Crippen LogP) is 4.22. The molecule has 0 radical (unpaired) electrons. The summed E-state index contributed by atoms with van der Waals surface area (Å²) >= 11 is 0. The van der Waals surface area contributed by atoms with Crippen LogP contribution in [0.4, 0.5) is 26.3 Å². The van der Waals surface area contributed by atoms with E-state index in [2.05, 4.69) is 22.3 Å². The van der Waals surface area contributed by atoms with E-state index in [0.29, 0.717) is 31.0 Å². The number of carbonyl (C=O) groups excluding carboxylic acids is 1. The van der Waals surface area contributed by atoms with Gasteiger partial charge in [-0.3, -0.25) is 20.0 Å². The molecule has 0 saturated carbocycles. The molecule has 2 rings (SSSR count). The number of benzene rings is 1. The first kappa shape index (κ1) is 25.0. The normalized spacial score (nSPS) is 16.2. The number of hydroxylamine groups is 1. The van der Waals surface area contributed by atoms with Crippen molar-refractivity contribution >= 4 is 5.91 Å². The van der Waals surface area contributed by atoms with Gasteiger partial charge < -0.3 is 5.32 Å². The molecule has 1 fully saturated rings. The minimum absolute atomic E-state index is 0.000767. The molecule has 31 heavy (non-hydrogen) atoms. The van der Waals surface area contributed by atoms with Crippen LogP contribution in [0, 0.1) is 5.92 Å². The van der Waals surface area contributed by atoms with Crippen molar-refractivity contribution in [2.24, 2.45) is 5.92 Å². The fraction of sp³-hybridized carbons (Fsp3) is 0.550. The van der Waals surface area contributed by atoms with Crippen LogP contribution in [0.1, 0.15) is 41.3 Å². The SMILES string of the molecule is C=C(CN1CCC(CNC(=O)c2cc(C(F)(F)F)cc(C(F)(F)F)c2)CC1)NOCC. The molecule has 11 heteroatoms. The van der Waals surface area contributed by atoms with Crippen molar-refractivity contribution in [3.63, 3.8) is 0 Å². The third-order valence-corrected chi connectivity index (χ3v) is 4.88. The molecule has 0 unspecified atom stereocenters. The summed E-state index contributed by atoms with van der Waals surface area (Å²) in [4.78, 5) is 19.5. The highest BCUT2D eigenvalue weighted by Crippen LogP contribution is 2.36. The summed E-state index contributed by atoms with van der Waals surface area (Å²) in [6, 6.07) is 0.870. The number of carbonyl (C=O) groups is 1. The highest BCUT2D eigenvalue weighted by molar-refractivity contribution is 5.94. The van der Waals surface area contributed by atoms with Crippen LogP contribution in [0.15, 0.2) is 30.5 Å². The molecule has 1 aromatic carbocycles. The van der Waals surface area contributed by atoms with Gasteiger partial charge in [0.15, 0.2) is 0 Å². The molecule has 0 atom stereocenters. The molecule has 1 amide bonds. The number of likely N-dealkylation sites (tertiary alicyclic amines) is 1. The van der Waals surface area contributed by atoms with Crippen LogP contribution in [0.25, 0.3) is 0 Å². The maximum atomic E-state index is 12.9. The maximum Gasteiger partial charge on any atom is 0.416 e. The summed E-state index contributed by atoms with van der Waals surface area (Å²) in [5.41, 5.74) is -0.260. The first-order valence-corrected chi connectivity index (χ1v) is 9.75. The fourth-order valence-corrected chi connectivity index (χ4v) is 3.25. The zero-order chi connectivity index (χ0) is 23.2. The number of piperidine rings is 1. The molecule has 0 bridgehead atoms. The Morgan fingerprint density at radius 2 is 1.65 bits per heavy atom. The third-order valence-electron chi connectivity index (χ3n) is 4.88. The van der Waals surface area contributed by atoms with Gasteiger partial charge in [0.1, 0.15) is 0 Å². The molecule has 1 aromatic rings. The van der Waals surface area contributed by atoms with Crippen LogP contribution >= 0.6 is 0 Å². The topological polar surface area (TPSA) is 53.6 Å². The van der Waals surface area contributed by atoms with Crippen molar-refractivity contribution < 1.29 is 36.0 Å². The number of alkyl halides is 6. The van der Waals surface area contributed by atoms with Gasteiger partial charge in [-0.15, -0.1) is 0 Å². The molecular weight excluding hydrogens is 428 g/mol. The first-order chi connectivity index (χ1) is 14.4. The van der Waals surface area contributed by atoms with E-state index in [1.165, 1.54) is 0 Å². The second-order valence-electron chi connectivity index (χ2n) is 7.36. The number of rotatable bonds is 8. The van der Waals surface area contributed by atoms with Crippen molar-refractivity contribution in [1.82, 2.24) is 15.7 Å². The van der Waals surface area contributed by atoms with Crippen molar-refractivity contribution in [1.29, 1.82) is 0 Å². The van der Waals surface area contributed by atoms with Gasteiger partial charge >= 0.3 is 12.4 Å². The highest BCUT2D eigenvalue weighted by atomic mass is 19.4. The minimum atomic E-state index is -5.00. The predicted molar refractivity (Wildman–Crippen MR) is 102 cm³/mol. The molecule has 5 nitrogen and oxygen atoms in total. The van der Waals surface area contributed by atoms with E-state index < -0.39 is 35.0 Å². The van der Waals surface area contributed by atoms with Gasteiger partial charge in [-0.2, -0.15) is 26.3 Å². The number of nitrogens with zero attached hydrogens (tertiary/aromatic N) is 1. The third kappa shape index (κ3) is 7.73. The Labute approximate surface area is 176 Å². The van der Waals surface area contributed by atoms with Crippen LogP contribution in [0.5, 0.6) is 0 Å². The molecule has 0 aromatic heterocycles. The van der Waals surface area contributed by atoms with Gasteiger partial charge in [0, 0.05) is 24.4 Å². The standard InChI is InChI=1S/C20H25F6N3O2/c1-3-31-28-13(2)12-29-6-4-14(5-7-29)11-27-18(30)15-8-16(19(21,22)23)10-17(9-15)20(24,25)26/h8-10,14,28H,2-7,11-12H2,1H3,(H,27,30). The molecule has 2 N–H and O–H groups in total. The van der Waals surface area contributed by atoms with Gasteiger partial charge in [-0.05, 0) is 57.0 Å². The van der Waals surface area contributed by atoms with Gasteiger partial charge in [0.25, 0.3) is 5.91 Å². The van der Waals surface area contributed by atoms with E-state index in [0.717, 1.165) is 25.9 Å². The number of halogens is 6. The lowest BCUT2D eigenvalue weighted by Gasteiger charge is -2.32. The Morgan fingerprint density at radius 1 is 1.10 bits per heavy atom. The van der Waals surface area contributed by atoms with E-state index >= 15 is 0 Å². The molecule has 174 valence electrons. The molecule has 1 aliphatic rings. The van der Waals surface area contributed by atoms with Crippen molar-refractivity contribution in [2.45, 2.75) is 32.1 Å². The Hall–Kier alpha value is -2.27. The lowest BCUT2D eigenvalue weighted by Crippen LogP contribution is -2.40. The monoisotopic (exact) mass is 453 g/mol. The van der Waals surface area contributed by atoms with Crippen LogP contribution in [0.2, 0.25) is 0 Å². The van der Waals surface area contributed by atoms with Crippen molar-refractivity contribution in [3.8, 4) is 0 Å². The number of nitrogens with one attached hydrogen (secondary N) is 2. The molecule has 1 heterocycles. The van der Waals surface area contributed by atoms with E-state index in [1.54, 1.807) is 0 Å². The average Bonchev–Trinajstić information content (AvgIpc) is 2.70. The van der Waals surface area contributed by atoms with Crippen LogP contribution < -0.4 is 10.8 Å². The van der Waals surface area contributed by atoms with E-state index in [4.69, 9.17) is 4.84 Å². The summed E-state index contributed by atoms with van der Waals surface area (Å²) in [5, 5.41) is 2.47. The smallest absolute Gasteiger partial charge is 0.352 e. The zero-order valence-electron chi connectivity index (χ0n) is 17.0. The molecule has 0 spiro atoms. The number of amides is 1. The largest absolute Gasteiger partial charge is 0.416 e. The van der Waals surface area contributed by atoms with Crippen LogP contribution in [-0.4, -0.2) is 43.6 Å². The Kier molecular flexibility index (Phi) is 8.35.